The fraction of sp³-hybridized carbons (Fsp3) is 1.00. The Bertz CT molecular complexity index is 177. The van der Waals surface area contributed by atoms with Gasteiger partial charge in [0.2, 0.25) is 2.86 Å². The normalized spacial score (nSPS) is 49.6. The molecule has 0 aliphatic rings. The van der Waals surface area contributed by atoms with Crippen molar-refractivity contribution < 1.29 is 18.4 Å². The molecule has 5 heavy (non-hydrogen) atoms. The zero-order valence-electron chi connectivity index (χ0n) is 10.3. The summed E-state index contributed by atoms with van der Waals surface area (Å²) in [6.07, 6.45) is -3.23. The first-order valence-corrected chi connectivity index (χ1v) is 0.908. The summed E-state index contributed by atoms with van der Waals surface area (Å²) < 4.78 is 53.5. The van der Waals surface area contributed by atoms with Crippen LogP contribution in [0.2, 0.25) is 0 Å². The maximum absolute atomic E-state index is 7.03. The Hall–Kier alpha value is -0.0800. The summed E-state index contributed by atoms with van der Waals surface area (Å²) in [5.41, 5.74) is 0. The molecule has 0 aliphatic carbocycles. The Labute approximate surface area is 42.5 Å². The third-order valence-corrected chi connectivity index (χ3v) is 0.0927. The maximum atomic E-state index is 7.03. The molecule has 0 heterocycles. The molecule has 2 nitrogen and oxygen atoms in total. The van der Waals surface area contributed by atoms with Crippen molar-refractivity contribution in [3.63, 3.8) is 0 Å². The highest BCUT2D eigenvalue weighted by Crippen LogP contribution is 1.68. The van der Waals surface area contributed by atoms with Crippen molar-refractivity contribution in [2.24, 2.45) is 0 Å². The van der Waals surface area contributed by atoms with E-state index in [1.54, 1.807) is 0 Å². The van der Waals surface area contributed by atoms with Crippen LogP contribution in [-0.4, -0.2) is 25.7 Å². The average Bonchev–Trinajstić information content (AvgIpc) is 2.00. The minimum absolute atomic E-state index is 3.21. The predicted octanol–water partition coefficient (Wildman–Crippen LogP) is -0.641. The maximum Gasteiger partial charge on any atom is 0.211 e. The molecule has 0 aromatic carbocycles. The molecule has 0 rings (SSSR count). The van der Waals surface area contributed by atoms with E-state index in [0.29, 0.717) is 0 Å². The van der Waals surface area contributed by atoms with Gasteiger partial charge in [-0.2, -0.15) is 0 Å². The molecule has 2 heteroatoms. The van der Waals surface area contributed by atoms with Gasteiger partial charge in [-0.25, -0.2) is 0 Å². The number of aliphatic hydroxyl groups is 2. The van der Waals surface area contributed by atoms with E-state index in [-0.39, 0.29) is 0 Å². The fourth-order valence-electron chi connectivity index (χ4n) is 0. The van der Waals surface area contributed by atoms with Crippen LogP contribution in [0.1, 0.15) is 15.1 Å². The molecule has 0 fully saturated rings. The van der Waals surface area contributed by atoms with Gasteiger partial charge in [-0.15, -0.1) is 0 Å². The Balaban J connectivity index is 5.06. The predicted molar refractivity (Wildman–Crippen MR) is 18.8 cm³/mol. The van der Waals surface area contributed by atoms with Gasteiger partial charge in [0.1, 0.15) is 0 Å². The molecular weight excluding hydrogens is 68.0 g/mol. The molecule has 0 saturated carbocycles. The lowest BCUT2D eigenvalue weighted by Crippen LogP contribution is -2.03. The third kappa shape index (κ3) is 3.92. The van der Waals surface area contributed by atoms with Gasteiger partial charge in [0.05, 0.1) is 16.8 Å². The van der Waals surface area contributed by atoms with Crippen LogP contribution in [0.4, 0.5) is 0 Å². The Morgan fingerprint density at radius 1 is 2.80 bits per heavy atom. The first kappa shape index (κ1) is 0.532. The third-order valence-electron chi connectivity index (χ3n) is 0.0927. The first-order chi connectivity index (χ1) is 5.62. The number of hydrogen-bond donors (Lipinski definition) is 2. The summed E-state index contributed by atoms with van der Waals surface area (Å²) in [5, 5.41) is 6.90. The highest BCUT2D eigenvalue weighted by Gasteiger charge is 1.83. The molecule has 0 spiro atoms. The molecule has 32 valence electrons. The molecular formula is C3H8O2. The van der Waals surface area contributed by atoms with E-state index in [9.17, 15) is 0 Å². The van der Waals surface area contributed by atoms with E-state index >= 15 is 0 Å². The van der Waals surface area contributed by atoms with Crippen LogP contribution in [0, 0.1) is 0 Å². The minimum Gasteiger partial charge on any atom is -0.394 e. The van der Waals surface area contributed by atoms with Gasteiger partial charge in [0.25, 0.3) is 0 Å². The fourth-order valence-corrected chi connectivity index (χ4v) is 0. The van der Waals surface area contributed by atoms with Crippen molar-refractivity contribution in [1.82, 2.24) is 0 Å². The van der Waals surface area contributed by atoms with Crippen molar-refractivity contribution in [3.05, 3.63) is 0 Å². The lowest BCUT2D eigenvalue weighted by Gasteiger charge is -1.90. The summed E-state index contributed by atoms with van der Waals surface area (Å²) in [6, 6.07) is 0. The molecule has 1 unspecified atom stereocenters. The van der Waals surface area contributed by atoms with Crippen LogP contribution in [0.3, 0.4) is 0 Å². The summed E-state index contributed by atoms with van der Waals surface area (Å²) in [5.74, 6) is 0. The van der Waals surface area contributed by atoms with Crippen LogP contribution in [-0.2, 0) is 0 Å². The quantitative estimate of drug-likeness (QED) is 0.477. The van der Waals surface area contributed by atoms with Gasteiger partial charge in [-0.1, -0.05) is 0 Å². The van der Waals surface area contributed by atoms with Crippen LogP contribution in [0.25, 0.3) is 0 Å². The molecule has 1 atom stereocenters. The average molecular weight is 84.1 g/mol. The molecule has 2 N–H and O–H groups in total. The first-order valence-electron chi connectivity index (χ1n) is 4.72. The molecule has 0 aliphatic heterocycles. The van der Waals surface area contributed by atoms with Crippen LogP contribution >= 0.6 is 0 Å². The summed E-state index contributed by atoms with van der Waals surface area (Å²) in [7, 11) is 0. The van der Waals surface area contributed by atoms with E-state index in [4.69, 9.17) is 11.1 Å². The Kier molecular flexibility index (Phi) is 0.231. The van der Waals surface area contributed by atoms with Crippen molar-refractivity contribution in [2.75, 3.05) is 6.56 Å². The minimum atomic E-state index is -3.23. The van der Waals surface area contributed by atoms with Gasteiger partial charge >= 0.3 is 0 Å². The lowest BCUT2D eigenvalue weighted by molar-refractivity contribution is 0.110. The second-order valence-electron chi connectivity index (χ2n) is 0.431. The smallest absolute Gasteiger partial charge is 0.211 e. The standard InChI is InChI=1S/C3H8O2/c1-3(5)2-4/h3-5H,2H2,1H3/i1D3,2D2,3D,4D,5D. The molecule has 0 bridgehead atoms. The SMILES string of the molecule is [2H]OC([2H])([2H])C([2H])(O[2H])C([2H])([2H])[2H]. The molecule has 0 radical (unpaired) electrons. The van der Waals surface area contributed by atoms with Gasteiger partial charge in [-0.05, 0) is 6.85 Å². The Morgan fingerprint density at radius 2 is 3.80 bits per heavy atom. The lowest BCUT2D eigenvalue weighted by atomic mass is 10.5. The van der Waals surface area contributed by atoms with Gasteiger partial charge < -0.3 is 10.2 Å². The van der Waals surface area contributed by atoms with E-state index < -0.39 is 19.5 Å². The van der Waals surface area contributed by atoms with E-state index in [0.717, 1.165) is 0 Å². The van der Waals surface area contributed by atoms with Gasteiger partial charge in [0, 0.05) is 4.11 Å². The second kappa shape index (κ2) is 2.18. The zero-order valence-corrected chi connectivity index (χ0v) is 2.32. The van der Waals surface area contributed by atoms with E-state index in [1.165, 1.54) is 0 Å². The van der Waals surface area contributed by atoms with Gasteiger partial charge in [-0.3, -0.25) is 0 Å². The zero-order chi connectivity index (χ0) is 10.9. The number of rotatable bonds is 3. The largest absolute Gasteiger partial charge is 0.394 e. The highest BCUT2D eigenvalue weighted by molar-refractivity contribution is 4.33. The Morgan fingerprint density at radius 3 is 4.00 bits per heavy atom. The van der Waals surface area contributed by atoms with Crippen molar-refractivity contribution >= 4 is 0 Å². The van der Waals surface area contributed by atoms with E-state index in [1.807, 2.05) is 0 Å². The molecule has 0 amide bonds. The topological polar surface area (TPSA) is 40.5 Å². The van der Waals surface area contributed by atoms with E-state index in [2.05, 4.69) is 10.2 Å². The monoisotopic (exact) mass is 84.1 g/mol. The molecule has 0 saturated heterocycles. The van der Waals surface area contributed by atoms with Gasteiger partial charge in [0.15, 0.2) is 0 Å². The summed E-state index contributed by atoms with van der Waals surface area (Å²) >= 11 is 0. The van der Waals surface area contributed by atoms with Crippen LogP contribution < -0.4 is 0 Å². The van der Waals surface area contributed by atoms with Crippen LogP contribution in [0.5, 0.6) is 0 Å². The molecule has 0 aromatic heterocycles. The highest BCUT2D eigenvalue weighted by atomic mass is 16.3. The van der Waals surface area contributed by atoms with Crippen molar-refractivity contribution in [3.8, 4) is 0 Å². The number of hydrogen-bond acceptors (Lipinski definition) is 2. The molecule has 0 aromatic rings. The van der Waals surface area contributed by atoms with Crippen LogP contribution in [0.15, 0.2) is 0 Å². The summed E-state index contributed by atoms with van der Waals surface area (Å²) in [4.78, 5) is 0. The summed E-state index contributed by atoms with van der Waals surface area (Å²) in [6.45, 7) is -6.43. The van der Waals surface area contributed by atoms with Crippen molar-refractivity contribution in [1.29, 1.82) is 2.86 Å². The van der Waals surface area contributed by atoms with Crippen molar-refractivity contribution in [2.45, 2.75) is 12.9 Å². The second-order valence-corrected chi connectivity index (χ2v) is 0.431.